The molecule has 8 heteroatoms. The number of nitrogens with one attached hydrogen (secondary N) is 1. The Labute approximate surface area is 180 Å². The summed E-state index contributed by atoms with van der Waals surface area (Å²) in [6.07, 6.45) is 10.1. The van der Waals surface area contributed by atoms with Gasteiger partial charge in [0.1, 0.15) is 5.82 Å². The molecule has 0 spiro atoms. The number of hydrogen-bond acceptors (Lipinski definition) is 5. The highest BCUT2D eigenvalue weighted by Gasteiger charge is 2.13. The van der Waals surface area contributed by atoms with Crippen molar-refractivity contribution in [1.82, 2.24) is 19.7 Å². The van der Waals surface area contributed by atoms with Gasteiger partial charge >= 0.3 is 0 Å². The maximum Gasteiger partial charge on any atom is 0.248 e. The van der Waals surface area contributed by atoms with E-state index in [0.29, 0.717) is 31.0 Å². The number of carbonyl (C=O) groups excluding carboxylic acids is 1. The molecular formula is C23H24FN5O2. The van der Waals surface area contributed by atoms with E-state index in [1.54, 1.807) is 41.5 Å². The van der Waals surface area contributed by atoms with Crippen molar-refractivity contribution in [1.29, 1.82) is 0 Å². The van der Waals surface area contributed by atoms with Crippen molar-refractivity contribution >= 4 is 17.7 Å². The van der Waals surface area contributed by atoms with Crippen molar-refractivity contribution in [2.75, 3.05) is 31.6 Å². The van der Waals surface area contributed by atoms with Crippen LogP contribution in [0.4, 0.5) is 10.1 Å². The average Bonchev–Trinajstić information content (AvgIpc) is 3.21. The summed E-state index contributed by atoms with van der Waals surface area (Å²) in [5, 5.41) is 6.90. The van der Waals surface area contributed by atoms with Crippen molar-refractivity contribution in [3.63, 3.8) is 0 Å². The summed E-state index contributed by atoms with van der Waals surface area (Å²) in [4.78, 5) is 18.7. The summed E-state index contributed by atoms with van der Waals surface area (Å²) in [5.74, 6) is -0.680. The quantitative estimate of drug-likeness (QED) is 0.620. The van der Waals surface area contributed by atoms with Crippen LogP contribution in [0.15, 0.2) is 55.1 Å². The molecular weight excluding hydrogens is 397 g/mol. The Morgan fingerprint density at radius 3 is 2.84 bits per heavy atom. The van der Waals surface area contributed by atoms with Crippen molar-refractivity contribution in [3.8, 4) is 11.1 Å². The summed E-state index contributed by atoms with van der Waals surface area (Å²) in [5.41, 5.74) is 3.66. The molecule has 1 aromatic carbocycles. The van der Waals surface area contributed by atoms with E-state index < -0.39 is 0 Å². The number of aromatic nitrogens is 3. The lowest BCUT2D eigenvalue weighted by Gasteiger charge is -2.26. The molecule has 0 radical (unpaired) electrons. The number of rotatable bonds is 6. The highest BCUT2D eigenvalue weighted by molar-refractivity contribution is 6.02. The normalized spacial score (nSPS) is 14.8. The standard InChI is InChI=1S/C23H24FN5O2/c1-28-15-19(14-26-28)21-6-7-25-13-17(21)3-5-23(30)27-20-4-2-18(22(24)12-20)16-29-8-10-31-11-9-29/h2-7,12-15H,8-11,16H2,1H3,(H,27,30). The van der Waals surface area contributed by atoms with Crippen LogP contribution in [0.1, 0.15) is 11.1 Å². The minimum absolute atomic E-state index is 0.334. The van der Waals surface area contributed by atoms with Crippen molar-refractivity contribution in [2.24, 2.45) is 7.05 Å². The van der Waals surface area contributed by atoms with Gasteiger partial charge in [-0.05, 0) is 29.8 Å². The molecule has 3 aromatic rings. The molecule has 1 amide bonds. The lowest BCUT2D eigenvalue weighted by Crippen LogP contribution is -2.35. The van der Waals surface area contributed by atoms with Crippen LogP contribution in [0.2, 0.25) is 0 Å². The zero-order valence-corrected chi connectivity index (χ0v) is 17.3. The van der Waals surface area contributed by atoms with E-state index in [2.05, 4.69) is 20.3 Å². The third kappa shape index (κ3) is 5.42. The first-order valence-corrected chi connectivity index (χ1v) is 10.1. The lowest BCUT2D eigenvalue weighted by molar-refractivity contribution is -0.111. The zero-order chi connectivity index (χ0) is 21.6. The van der Waals surface area contributed by atoms with Crippen LogP contribution in [0.25, 0.3) is 17.2 Å². The van der Waals surface area contributed by atoms with Gasteiger partial charge < -0.3 is 10.1 Å². The maximum absolute atomic E-state index is 14.5. The second kappa shape index (κ2) is 9.63. The number of benzene rings is 1. The summed E-state index contributed by atoms with van der Waals surface area (Å²) in [7, 11) is 1.85. The van der Waals surface area contributed by atoms with E-state index in [-0.39, 0.29) is 11.7 Å². The van der Waals surface area contributed by atoms with E-state index in [0.717, 1.165) is 29.8 Å². The first-order valence-electron chi connectivity index (χ1n) is 10.1. The molecule has 0 bridgehead atoms. The molecule has 0 unspecified atom stereocenters. The lowest BCUT2D eigenvalue weighted by atomic mass is 10.0. The van der Waals surface area contributed by atoms with E-state index in [4.69, 9.17) is 4.74 Å². The molecule has 0 saturated carbocycles. The fourth-order valence-electron chi connectivity index (χ4n) is 3.47. The van der Waals surface area contributed by atoms with Crippen molar-refractivity contribution in [3.05, 3.63) is 72.1 Å². The second-order valence-electron chi connectivity index (χ2n) is 7.38. The smallest absolute Gasteiger partial charge is 0.248 e. The Bertz CT molecular complexity index is 1090. The van der Waals surface area contributed by atoms with Crippen LogP contribution in [-0.4, -0.2) is 51.9 Å². The van der Waals surface area contributed by atoms with Crippen LogP contribution in [0.3, 0.4) is 0 Å². The highest BCUT2D eigenvalue weighted by atomic mass is 19.1. The van der Waals surface area contributed by atoms with Gasteiger partial charge in [-0.25, -0.2) is 4.39 Å². The summed E-state index contributed by atoms with van der Waals surface area (Å²) in [6.45, 7) is 3.45. The minimum Gasteiger partial charge on any atom is -0.379 e. The van der Waals surface area contributed by atoms with E-state index in [1.807, 2.05) is 19.3 Å². The Hall–Kier alpha value is -3.36. The number of nitrogens with zero attached hydrogens (tertiary/aromatic N) is 4. The Kier molecular flexibility index (Phi) is 6.49. The molecule has 0 aliphatic carbocycles. The molecule has 4 rings (SSSR count). The van der Waals surface area contributed by atoms with Gasteiger partial charge in [0.2, 0.25) is 5.91 Å². The van der Waals surface area contributed by atoms with Crippen molar-refractivity contribution < 1.29 is 13.9 Å². The van der Waals surface area contributed by atoms with Crippen molar-refractivity contribution in [2.45, 2.75) is 6.54 Å². The molecule has 1 fully saturated rings. The minimum atomic E-state index is -0.346. The third-order valence-corrected chi connectivity index (χ3v) is 5.10. The van der Waals surface area contributed by atoms with Gasteiger partial charge in [0.05, 0.1) is 19.4 Å². The van der Waals surface area contributed by atoms with Crippen LogP contribution in [-0.2, 0) is 23.1 Å². The topological polar surface area (TPSA) is 72.3 Å². The fraction of sp³-hybridized carbons (Fsp3) is 0.261. The molecule has 7 nitrogen and oxygen atoms in total. The average molecular weight is 421 g/mol. The molecule has 31 heavy (non-hydrogen) atoms. The van der Waals surface area contributed by atoms with E-state index in [9.17, 15) is 9.18 Å². The van der Waals surface area contributed by atoms with E-state index >= 15 is 0 Å². The first-order chi connectivity index (χ1) is 15.1. The predicted molar refractivity (Wildman–Crippen MR) is 117 cm³/mol. The van der Waals surface area contributed by atoms with Gasteiger partial charge in [-0.15, -0.1) is 0 Å². The van der Waals surface area contributed by atoms with Crippen LogP contribution < -0.4 is 5.32 Å². The number of aryl methyl sites for hydroxylation is 1. The maximum atomic E-state index is 14.5. The number of halogens is 1. The van der Waals surface area contributed by atoms with Gasteiger partial charge in [0.15, 0.2) is 0 Å². The number of carbonyl (C=O) groups is 1. The Balaban J connectivity index is 1.41. The molecule has 3 heterocycles. The zero-order valence-electron chi connectivity index (χ0n) is 17.3. The number of amides is 1. The molecule has 160 valence electrons. The first kappa shape index (κ1) is 20.9. The number of pyridine rings is 1. The third-order valence-electron chi connectivity index (χ3n) is 5.10. The predicted octanol–water partition coefficient (Wildman–Crippen LogP) is 3.11. The monoisotopic (exact) mass is 421 g/mol. The van der Waals surface area contributed by atoms with Gasteiger partial charge in [-0.1, -0.05) is 6.07 Å². The second-order valence-corrected chi connectivity index (χ2v) is 7.38. The van der Waals surface area contributed by atoms with Gasteiger partial charge in [-0.3, -0.25) is 19.4 Å². The number of ether oxygens (including phenoxy) is 1. The molecule has 1 N–H and O–H groups in total. The van der Waals surface area contributed by atoms with Crippen LogP contribution in [0.5, 0.6) is 0 Å². The SMILES string of the molecule is Cn1cc(-c2ccncc2C=CC(=O)Nc2ccc(CN3CCOCC3)c(F)c2)cn1. The number of anilines is 1. The summed E-state index contributed by atoms with van der Waals surface area (Å²) >= 11 is 0. The molecule has 0 atom stereocenters. The fourth-order valence-corrected chi connectivity index (χ4v) is 3.47. The molecule has 1 saturated heterocycles. The van der Waals surface area contributed by atoms with Crippen LogP contribution >= 0.6 is 0 Å². The van der Waals surface area contributed by atoms with Crippen LogP contribution in [0, 0.1) is 5.82 Å². The largest absolute Gasteiger partial charge is 0.379 e. The highest BCUT2D eigenvalue weighted by Crippen LogP contribution is 2.23. The van der Waals surface area contributed by atoms with Gasteiger partial charge in [0.25, 0.3) is 0 Å². The number of morpholine rings is 1. The van der Waals surface area contributed by atoms with E-state index in [1.165, 1.54) is 12.1 Å². The molecule has 1 aliphatic heterocycles. The molecule has 2 aromatic heterocycles. The Morgan fingerprint density at radius 2 is 2.10 bits per heavy atom. The Morgan fingerprint density at radius 1 is 1.26 bits per heavy atom. The summed E-state index contributed by atoms with van der Waals surface area (Å²) in [6, 6.07) is 6.66. The number of hydrogen-bond donors (Lipinski definition) is 1. The van der Waals surface area contributed by atoms with Gasteiger partial charge in [0, 0.05) is 73.7 Å². The summed E-state index contributed by atoms with van der Waals surface area (Å²) < 4.78 is 21.5. The van der Waals surface area contributed by atoms with Gasteiger partial charge in [-0.2, -0.15) is 5.10 Å². The molecule has 1 aliphatic rings.